The van der Waals surface area contributed by atoms with Gasteiger partial charge in [0.1, 0.15) is 5.82 Å². The first-order chi connectivity index (χ1) is 8.25. The Morgan fingerprint density at radius 2 is 2.06 bits per heavy atom. The van der Waals surface area contributed by atoms with Crippen LogP contribution in [0.25, 0.3) is 0 Å². The Kier molecular flexibility index (Phi) is 2.74. The molecule has 1 aromatic rings. The van der Waals surface area contributed by atoms with Crippen LogP contribution in [0.4, 0.5) is 5.82 Å². The Morgan fingerprint density at radius 1 is 1.29 bits per heavy atom. The molecule has 1 amide bonds. The summed E-state index contributed by atoms with van der Waals surface area (Å²) >= 11 is 5.82. The summed E-state index contributed by atoms with van der Waals surface area (Å²) in [4.78, 5) is 22.1. The van der Waals surface area contributed by atoms with Crippen LogP contribution >= 0.6 is 11.6 Å². The molecule has 0 bridgehead atoms. The molecule has 90 valence electrons. The van der Waals surface area contributed by atoms with E-state index in [4.69, 9.17) is 11.6 Å². The van der Waals surface area contributed by atoms with Crippen molar-refractivity contribution in [1.29, 1.82) is 0 Å². The number of hydrogen-bond acceptors (Lipinski definition) is 3. The van der Waals surface area contributed by atoms with Gasteiger partial charge in [-0.15, -0.1) is 0 Å². The van der Waals surface area contributed by atoms with Crippen LogP contribution in [0.2, 0.25) is 5.28 Å². The third-order valence-electron chi connectivity index (χ3n) is 3.59. The van der Waals surface area contributed by atoms with E-state index in [1.165, 1.54) is 19.3 Å². The zero-order valence-electron chi connectivity index (χ0n) is 9.53. The third-order valence-corrected chi connectivity index (χ3v) is 3.77. The van der Waals surface area contributed by atoms with E-state index < -0.39 is 0 Å². The van der Waals surface area contributed by atoms with Crippen molar-refractivity contribution in [3.63, 3.8) is 0 Å². The second-order valence-electron chi connectivity index (χ2n) is 4.72. The molecule has 1 aromatic heterocycles. The lowest BCUT2D eigenvalue weighted by atomic mass is 9.94. The van der Waals surface area contributed by atoms with Crippen molar-refractivity contribution in [3.05, 3.63) is 17.0 Å². The third kappa shape index (κ3) is 1.90. The van der Waals surface area contributed by atoms with E-state index in [1.54, 1.807) is 6.20 Å². The van der Waals surface area contributed by atoms with Crippen LogP contribution in [-0.2, 0) is 11.2 Å². The zero-order chi connectivity index (χ0) is 11.8. The minimum absolute atomic E-state index is 0.142. The maximum atomic E-state index is 12.1. The standard InChI is InChI=1S/C12H14ClN3O/c13-12-14-7-8-6-10(17)16(11(8)15-12)9-4-2-1-3-5-9/h7,9H,1-6H2. The molecule has 17 heavy (non-hydrogen) atoms. The van der Waals surface area contributed by atoms with Gasteiger partial charge in [0.2, 0.25) is 11.2 Å². The summed E-state index contributed by atoms with van der Waals surface area (Å²) < 4.78 is 0. The first kappa shape index (κ1) is 11.0. The van der Waals surface area contributed by atoms with Crippen LogP contribution in [-0.4, -0.2) is 21.9 Å². The van der Waals surface area contributed by atoms with E-state index >= 15 is 0 Å². The summed E-state index contributed by atoms with van der Waals surface area (Å²) in [5, 5.41) is 0.222. The van der Waals surface area contributed by atoms with Gasteiger partial charge in [-0.05, 0) is 24.4 Å². The van der Waals surface area contributed by atoms with Crippen molar-refractivity contribution < 1.29 is 4.79 Å². The molecule has 0 saturated heterocycles. The van der Waals surface area contributed by atoms with Crippen molar-refractivity contribution >= 4 is 23.3 Å². The first-order valence-corrected chi connectivity index (χ1v) is 6.47. The molecule has 1 aliphatic heterocycles. The lowest BCUT2D eigenvalue weighted by Gasteiger charge is -2.30. The van der Waals surface area contributed by atoms with Crippen molar-refractivity contribution in [2.45, 2.75) is 44.6 Å². The van der Waals surface area contributed by atoms with Crippen molar-refractivity contribution in [1.82, 2.24) is 9.97 Å². The van der Waals surface area contributed by atoms with Crippen molar-refractivity contribution in [2.24, 2.45) is 0 Å². The molecule has 2 aliphatic rings. The molecule has 0 spiro atoms. The Hall–Kier alpha value is -1.16. The minimum Gasteiger partial charge on any atom is -0.293 e. The fraction of sp³-hybridized carbons (Fsp3) is 0.583. The van der Waals surface area contributed by atoms with E-state index in [1.807, 2.05) is 4.90 Å². The summed E-state index contributed by atoms with van der Waals surface area (Å²) in [6, 6.07) is 0.309. The molecule has 5 heteroatoms. The van der Waals surface area contributed by atoms with E-state index in [-0.39, 0.29) is 11.2 Å². The van der Waals surface area contributed by atoms with Crippen LogP contribution in [0, 0.1) is 0 Å². The topological polar surface area (TPSA) is 46.1 Å². The van der Waals surface area contributed by atoms with Gasteiger partial charge in [-0.3, -0.25) is 9.69 Å². The summed E-state index contributed by atoms with van der Waals surface area (Å²) in [6.07, 6.45) is 7.91. The molecular weight excluding hydrogens is 238 g/mol. The largest absolute Gasteiger partial charge is 0.293 e. The quantitative estimate of drug-likeness (QED) is 0.720. The number of aromatic nitrogens is 2. The number of carbonyl (C=O) groups excluding carboxylic acids is 1. The average molecular weight is 252 g/mol. The Morgan fingerprint density at radius 3 is 2.82 bits per heavy atom. The minimum atomic E-state index is 0.142. The van der Waals surface area contributed by atoms with Crippen LogP contribution in [0.15, 0.2) is 6.20 Å². The van der Waals surface area contributed by atoms with Crippen molar-refractivity contribution in [2.75, 3.05) is 4.90 Å². The van der Waals surface area contributed by atoms with Crippen LogP contribution in [0.3, 0.4) is 0 Å². The molecule has 1 aliphatic carbocycles. The van der Waals surface area contributed by atoms with Crippen molar-refractivity contribution in [3.8, 4) is 0 Å². The van der Waals surface area contributed by atoms with Gasteiger partial charge in [0, 0.05) is 17.8 Å². The highest BCUT2D eigenvalue weighted by atomic mass is 35.5. The number of fused-ring (bicyclic) bond motifs is 1. The lowest BCUT2D eigenvalue weighted by Crippen LogP contribution is -2.39. The fourth-order valence-electron chi connectivity index (χ4n) is 2.79. The Balaban J connectivity index is 1.95. The number of carbonyl (C=O) groups is 1. The predicted molar refractivity (Wildman–Crippen MR) is 65.1 cm³/mol. The van der Waals surface area contributed by atoms with Gasteiger partial charge < -0.3 is 0 Å². The summed E-state index contributed by atoms with van der Waals surface area (Å²) in [5.74, 6) is 0.880. The summed E-state index contributed by atoms with van der Waals surface area (Å²) in [7, 11) is 0. The van der Waals surface area contributed by atoms with Gasteiger partial charge in [-0.2, -0.15) is 4.98 Å². The molecule has 2 heterocycles. The molecule has 0 atom stereocenters. The Bertz CT molecular complexity index is 457. The molecule has 4 nitrogen and oxygen atoms in total. The van der Waals surface area contributed by atoms with E-state index in [0.29, 0.717) is 12.5 Å². The average Bonchev–Trinajstić information content (AvgIpc) is 2.65. The maximum Gasteiger partial charge on any atom is 0.233 e. The maximum absolute atomic E-state index is 12.1. The second-order valence-corrected chi connectivity index (χ2v) is 5.06. The van der Waals surface area contributed by atoms with Gasteiger partial charge in [0.15, 0.2) is 0 Å². The van der Waals surface area contributed by atoms with Crippen LogP contribution in [0.5, 0.6) is 0 Å². The van der Waals surface area contributed by atoms with E-state index in [2.05, 4.69) is 9.97 Å². The highest BCUT2D eigenvalue weighted by Crippen LogP contribution is 2.33. The summed E-state index contributed by atoms with van der Waals surface area (Å²) in [6.45, 7) is 0. The second kappa shape index (κ2) is 4.26. The molecule has 3 rings (SSSR count). The van der Waals surface area contributed by atoms with Gasteiger partial charge in [-0.1, -0.05) is 19.3 Å². The van der Waals surface area contributed by atoms with Crippen LogP contribution < -0.4 is 4.90 Å². The molecular formula is C12H14ClN3O. The number of nitrogens with zero attached hydrogens (tertiary/aromatic N) is 3. The predicted octanol–water partition coefficient (Wildman–Crippen LogP) is 2.35. The lowest BCUT2D eigenvalue weighted by molar-refractivity contribution is -0.118. The molecule has 0 unspecified atom stereocenters. The van der Waals surface area contributed by atoms with Gasteiger partial charge in [0.25, 0.3) is 0 Å². The number of halogens is 1. The Labute approximate surface area is 105 Å². The molecule has 0 radical (unpaired) electrons. The monoisotopic (exact) mass is 251 g/mol. The first-order valence-electron chi connectivity index (χ1n) is 6.09. The van der Waals surface area contributed by atoms with Gasteiger partial charge in [0.05, 0.1) is 6.42 Å². The zero-order valence-corrected chi connectivity index (χ0v) is 10.3. The number of rotatable bonds is 1. The molecule has 1 fully saturated rings. The van der Waals surface area contributed by atoms with Gasteiger partial charge in [-0.25, -0.2) is 4.98 Å². The number of amides is 1. The molecule has 0 aromatic carbocycles. The SMILES string of the molecule is O=C1Cc2cnc(Cl)nc2N1C1CCCCC1. The number of hydrogen-bond donors (Lipinski definition) is 0. The smallest absolute Gasteiger partial charge is 0.233 e. The van der Waals surface area contributed by atoms with E-state index in [0.717, 1.165) is 24.2 Å². The molecule has 1 saturated carbocycles. The summed E-state index contributed by atoms with van der Waals surface area (Å²) in [5.41, 5.74) is 0.907. The van der Waals surface area contributed by atoms with E-state index in [9.17, 15) is 4.79 Å². The van der Waals surface area contributed by atoms with Crippen LogP contribution in [0.1, 0.15) is 37.7 Å². The fourth-order valence-corrected chi connectivity index (χ4v) is 2.92. The van der Waals surface area contributed by atoms with Gasteiger partial charge >= 0.3 is 0 Å². The normalized spacial score (nSPS) is 20.8. The molecule has 0 N–H and O–H groups in total. The highest BCUT2D eigenvalue weighted by molar-refractivity contribution is 6.28. The highest BCUT2D eigenvalue weighted by Gasteiger charge is 2.35. The number of anilines is 1.